The van der Waals surface area contributed by atoms with Gasteiger partial charge in [-0.2, -0.15) is 0 Å². The summed E-state index contributed by atoms with van der Waals surface area (Å²) in [5, 5.41) is 0. The molecule has 0 fully saturated rings. The molecule has 1 heterocycles. The smallest absolute Gasteiger partial charge is 0.109 e. The van der Waals surface area contributed by atoms with Crippen LogP contribution in [0.1, 0.15) is 0 Å². The first-order valence-electron chi connectivity index (χ1n) is 2.29. The summed E-state index contributed by atoms with van der Waals surface area (Å²) in [5.41, 5.74) is 10.00. The molecule has 0 atom stereocenters. The van der Waals surface area contributed by atoms with Gasteiger partial charge in [0.2, 0.25) is 0 Å². The van der Waals surface area contributed by atoms with Crippen molar-refractivity contribution in [3.05, 3.63) is 24.7 Å². The third kappa shape index (κ3) is 1.08. The fraction of sp³-hybridized carbons (Fsp3) is 0.200. The van der Waals surface area contributed by atoms with Gasteiger partial charge in [0.15, 0.2) is 0 Å². The summed E-state index contributed by atoms with van der Waals surface area (Å²) in [6.45, 7) is 0. The molecular weight excluding hydrogens is 104 g/mol. The van der Waals surface area contributed by atoms with Crippen LogP contribution in [0, 0.1) is 0 Å². The van der Waals surface area contributed by atoms with Crippen molar-refractivity contribution in [2.24, 2.45) is 11.5 Å². The van der Waals surface area contributed by atoms with E-state index in [2.05, 4.69) is 4.74 Å². The summed E-state index contributed by atoms with van der Waals surface area (Å²) in [7, 11) is 0. The standard InChI is InChI=1S/C5H8N2O/c6-5(7)1-3-8-4-2-5/h1-4H,6-7H2. The predicted octanol–water partition coefficient (Wildman–Crippen LogP) is -0.342. The lowest BCUT2D eigenvalue weighted by Crippen LogP contribution is -2.45. The second-order valence-corrected chi connectivity index (χ2v) is 1.74. The molecule has 0 spiro atoms. The molecule has 0 bridgehead atoms. The Morgan fingerprint density at radius 3 is 1.88 bits per heavy atom. The molecular formula is C5H8N2O. The normalized spacial score (nSPS) is 22.8. The highest BCUT2D eigenvalue weighted by Gasteiger charge is 2.11. The Labute approximate surface area is 47.6 Å². The maximum Gasteiger partial charge on any atom is 0.109 e. The molecule has 1 aliphatic heterocycles. The first-order chi connectivity index (χ1) is 3.71. The van der Waals surface area contributed by atoms with Crippen molar-refractivity contribution >= 4 is 0 Å². The Kier molecular flexibility index (Phi) is 1.08. The van der Waals surface area contributed by atoms with Crippen molar-refractivity contribution < 1.29 is 4.74 Å². The zero-order chi connectivity index (χ0) is 6.04. The minimum absolute atomic E-state index is 0.807. The second-order valence-electron chi connectivity index (χ2n) is 1.74. The van der Waals surface area contributed by atoms with E-state index in [4.69, 9.17) is 11.5 Å². The molecule has 0 aliphatic carbocycles. The Balaban J connectivity index is 2.69. The number of rotatable bonds is 0. The topological polar surface area (TPSA) is 61.3 Å². The van der Waals surface area contributed by atoms with Gasteiger partial charge in [0.25, 0.3) is 0 Å². The van der Waals surface area contributed by atoms with Gasteiger partial charge in [-0.1, -0.05) is 0 Å². The molecule has 0 saturated carbocycles. The number of hydrogen-bond donors (Lipinski definition) is 2. The van der Waals surface area contributed by atoms with Gasteiger partial charge in [-0.3, -0.25) is 0 Å². The first-order valence-corrected chi connectivity index (χ1v) is 2.29. The molecule has 0 radical (unpaired) electrons. The third-order valence-corrected chi connectivity index (χ3v) is 0.871. The number of hydrogen-bond acceptors (Lipinski definition) is 3. The average Bonchev–Trinajstić information content (AvgIpc) is 1.65. The van der Waals surface area contributed by atoms with Gasteiger partial charge in [-0.25, -0.2) is 0 Å². The quantitative estimate of drug-likeness (QED) is 0.421. The van der Waals surface area contributed by atoms with E-state index in [1.807, 2.05) is 0 Å². The molecule has 8 heavy (non-hydrogen) atoms. The van der Waals surface area contributed by atoms with Crippen molar-refractivity contribution in [2.75, 3.05) is 0 Å². The lowest BCUT2D eigenvalue weighted by molar-refractivity contribution is 0.377. The first kappa shape index (κ1) is 5.34. The summed E-state index contributed by atoms with van der Waals surface area (Å²) in [5.74, 6) is 0. The number of ether oxygens (including phenoxy) is 1. The molecule has 3 heteroatoms. The third-order valence-electron chi connectivity index (χ3n) is 0.871. The lowest BCUT2D eigenvalue weighted by Gasteiger charge is -2.16. The maximum atomic E-state index is 5.40. The van der Waals surface area contributed by atoms with Crippen LogP contribution in [-0.4, -0.2) is 5.66 Å². The fourth-order valence-electron chi connectivity index (χ4n) is 0.415. The Bertz CT molecular complexity index is 123. The Hall–Kier alpha value is -0.800. The van der Waals surface area contributed by atoms with E-state index in [0.717, 1.165) is 0 Å². The van der Waals surface area contributed by atoms with E-state index in [0.29, 0.717) is 0 Å². The van der Waals surface area contributed by atoms with Crippen molar-refractivity contribution in [3.63, 3.8) is 0 Å². The molecule has 0 aromatic heterocycles. The molecule has 3 nitrogen and oxygen atoms in total. The highest BCUT2D eigenvalue weighted by Crippen LogP contribution is 2.01. The van der Waals surface area contributed by atoms with Gasteiger partial charge < -0.3 is 16.2 Å². The molecule has 1 rings (SSSR count). The molecule has 0 amide bonds. The largest absolute Gasteiger partial charge is 0.473 e. The van der Waals surface area contributed by atoms with Crippen LogP contribution in [0.3, 0.4) is 0 Å². The molecule has 0 unspecified atom stereocenters. The van der Waals surface area contributed by atoms with Crippen LogP contribution in [0.5, 0.6) is 0 Å². The van der Waals surface area contributed by atoms with Crippen LogP contribution in [0.4, 0.5) is 0 Å². The van der Waals surface area contributed by atoms with Gasteiger partial charge in [0.1, 0.15) is 5.66 Å². The van der Waals surface area contributed by atoms with Gasteiger partial charge >= 0.3 is 0 Å². The van der Waals surface area contributed by atoms with Gasteiger partial charge in [0, 0.05) is 0 Å². The van der Waals surface area contributed by atoms with Crippen molar-refractivity contribution in [3.8, 4) is 0 Å². The van der Waals surface area contributed by atoms with Crippen LogP contribution in [0.25, 0.3) is 0 Å². The van der Waals surface area contributed by atoms with E-state index in [1.54, 1.807) is 12.2 Å². The lowest BCUT2D eigenvalue weighted by atomic mass is 10.2. The molecule has 1 aliphatic rings. The minimum Gasteiger partial charge on any atom is -0.473 e. The van der Waals surface area contributed by atoms with Crippen LogP contribution < -0.4 is 11.5 Å². The maximum absolute atomic E-state index is 5.40. The SMILES string of the molecule is NC1(N)C=COC=C1. The van der Waals surface area contributed by atoms with Gasteiger partial charge in [0.05, 0.1) is 12.5 Å². The summed E-state index contributed by atoms with van der Waals surface area (Å²) in [6, 6.07) is 0. The average molecular weight is 112 g/mol. The molecule has 0 saturated heterocycles. The highest BCUT2D eigenvalue weighted by atomic mass is 16.5. The van der Waals surface area contributed by atoms with Crippen molar-refractivity contribution in [1.29, 1.82) is 0 Å². The zero-order valence-electron chi connectivity index (χ0n) is 4.37. The minimum atomic E-state index is -0.807. The van der Waals surface area contributed by atoms with E-state index >= 15 is 0 Å². The molecule has 44 valence electrons. The van der Waals surface area contributed by atoms with Crippen LogP contribution >= 0.6 is 0 Å². The van der Waals surface area contributed by atoms with E-state index < -0.39 is 5.66 Å². The van der Waals surface area contributed by atoms with Gasteiger partial charge in [-0.05, 0) is 12.2 Å². The Morgan fingerprint density at radius 2 is 1.62 bits per heavy atom. The zero-order valence-corrected chi connectivity index (χ0v) is 4.37. The monoisotopic (exact) mass is 112 g/mol. The second kappa shape index (κ2) is 1.61. The van der Waals surface area contributed by atoms with E-state index in [1.165, 1.54) is 12.5 Å². The molecule has 0 aromatic rings. The van der Waals surface area contributed by atoms with E-state index in [-0.39, 0.29) is 0 Å². The fourth-order valence-corrected chi connectivity index (χ4v) is 0.415. The predicted molar refractivity (Wildman–Crippen MR) is 30.5 cm³/mol. The van der Waals surface area contributed by atoms with Crippen molar-refractivity contribution in [2.45, 2.75) is 5.66 Å². The summed E-state index contributed by atoms with van der Waals surface area (Å²) in [6.07, 6.45) is 6.07. The summed E-state index contributed by atoms with van der Waals surface area (Å²) < 4.78 is 4.68. The van der Waals surface area contributed by atoms with Crippen LogP contribution in [0.2, 0.25) is 0 Å². The highest BCUT2D eigenvalue weighted by molar-refractivity contribution is 5.14. The molecule has 0 aromatic carbocycles. The summed E-state index contributed by atoms with van der Waals surface area (Å²) in [4.78, 5) is 0. The molecule has 4 N–H and O–H groups in total. The Morgan fingerprint density at radius 1 is 1.12 bits per heavy atom. The van der Waals surface area contributed by atoms with Gasteiger partial charge in [-0.15, -0.1) is 0 Å². The van der Waals surface area contributed by atoms with E-state index in [9.17, 15) is 0 Å². The van der Waals surface area contributed by atoms with Crippen LogP contribution in [0.15, 0.2) is 24.7 Å². The number of nitrogens with two attached hydrogens (primary N) is 2. The van der Waals surface area contributed by atoms with Crippen molar-refractivity contribution in [1.82, 2.24) is 0 Å². The van der Waals surface area contributed by atoms with Crippen LogP contribution in [-0.2, 0) is 4.74 Å². The summed E-state index contributed by atoms with van der Waals surface area (Å²) >= 11 is 0.